The van der Waals surface area contributed by atoms with E-state index in [0.717, 1.165) is 24.2 Å². The number of urea groups is 1. The number of hydrogen-bond acceptors (Lipinski definition) is 2. The molecule has 0 fully saturated rings. The van der Waals surface area contributed by atoms with Crippen molar-refractivity contribution in [2.45, 2.75) is 32.7 Å². The molecule has 0 saturated carbocycles. The summed E-state index contributed by atoms with van der Waals surface area (Å²) in [5, 5.41) is 5.93. The van der Waals surface area contributed by atoms with Gasteiger partial charge in [-0.15, -0.1) is 0 Å². The largest absolute Gasteiger partial charge is 0.493 e. The molecule has 1 aliphatic heterocycles. The van der Waals surface area contributed by atoms with Crippen LogP contribution in [0.4, 0.5) is 4.79 Å². The highest BCUT2D eigenvalue weighted by Gasteiger charge is 2.20. The van der Waals surface area contributed by atoms with Gasteiger partial charge in [-0.05, 0) is 24.8 Å². The van der Waals surface area contributed by atoms with Crippen molar-refractivity contribution in [2.24, 2.45) is 5.92 Å². The van der Waals surface area contributed by atoms with Crippen LogP contribution in [0.2, 0.25) is 0 Å². The van der Waals surface area contributed by atoms with Gasteiger partial charge >= 0.3 is 6.03 Å². The van der Waals surface area contributed by atoms with Gasteiger partial charge in [-0.2, -0.15) is 0 Å². The van der Waals surface area contributed by atoms with Crippen molar-refractivity contribution < 1.29 is 9.53 Å². The van der Waals surface area contributed by atoms with Gasteiger partial charge < -0.3 is 15.4 Å². The van der Waals surface area contributed by atoms with Gasteiger partial charge in [-0.3, -0.25) is 0 Å². The summed E-state index contributed by atoms with van der Waals surface area (Å²) in [7, 11) is 0. The molecule has 0 aliphatic carbocycles. The third-order valence-electron chi connectivity index (χ3n) is 3.17. The Morgan fingerprint density at radius 3 is 3.00 bits per heavy atom. The van der Waals surface area contributed by atoms with Crippen LogP contribution in [0.25, 0.3) is 0 Å². The fourth-order valence-electron chi connectivity index (χ4n) is 2.18. The quantitative estimate of drug-likeness (QED) is 0.880. The number of carbonyl (C=O) groups excluding carboxylic acids is 1. The van der Waals surface area contributed by atoms with Gasteiger partial charge in [-0.25, -0.2) is 4.79 Å². The van der Waals surface area contributed by atoms with E-state index in [4.69, 9.17) is 4.74 Å². The van der Waals surface area contributed by atoms with Crippen LogP contribution < -0.4 is 15.4 Å². The maximum atomic E-state index is 11.9. The Hall–Kier alpha value is -1.71. The van der Waals surface area contributed by atoms with Gasteiger partial charge in [0.2, 0.25) is 0 Å². The summed E-state index contributed by atoms with van der Waals surface area (Å²) in [6, 6.07) is 7.85. The minimum Gasteiger partial charge on any atom is -0.493 e. The summed E-state index contributed by atoms with van der Waals surface area (Å²) in [4.78, 5) is 11.9. The van der Waals surface area contributed by atoms with E-state index in [2.05, 4.69) is 24.5 Å². The molecule has 1 heterocycles. The zero-order valence-electron chi connectivity index (χ0n) is 11.6. The first kappa shape index (κ1) is 13.7. The summed E-state index contributed by atoms with van der Waals surface area (Å²) in [5.74, 6) is 1.34. The highest BCUT2D eigenvalue weighted by molar-refractivity contribution is 5.74. The average molecular weight is 262 g/mol. The number of nitrogens with one attached hydrogen (secondary N) is 2. The Morgan fingerprint density at radius 2 is 2.21 bits per heavy atom. The molecule has 4 heteroatoms. The molecule has 1 atom stereocenters. The topological polar surface area (TPSA) is 50.4 Å². The lowest BCUT2D eigenvalue weighted by Crippen LogP contribution is -2.39. The molecule has 2 amide bonds. The Morgan fingerprint density at radius 1 is 1.42 bits per heavy atom. The number of benzene rings is 1. The predicted octanol–water partition coefficient (Wildman–Crippen LogP) is 2.86. The molecule has 0 saturated heterocycles. The highest BCUT2D eigenvalue weighted by Crippen LogP contribution is 2.30. The molecule has 1 aromatic rings. The molecule has 19 heavy (non-hydrogen) atoms. The summed E-state index contributed by atoms with van der Waals surface area (Å²) >= 11 is 0. The van der Waals surface area contributed by atoms with Crippen molar-refractivity contribution in [2.75, 3.05) is 13.2 Å². The summed E-state index contributed by atoms with van der Waals surface area (Å²) in [6.45, 7) is 5.56. The van der Waals surface area contributed by atoms with Gasteiger partial charge in [0, 0.05) is 12.1 Å². The van der Waals surface area contributed by atoms with E-state index in [1.807, 2.05) is 24.3 Å². The van der Waals surface area contributed by atoms with Crippen LogP contribution in [0.3, 0.4) is 0 Å². The molecule has 0 aromatic heterocycles. The second-order valence-corrected chi connectivity index (χ2v) is 5.33. The SMILES string of the molecule is CC(C)CNC(=O)NC1CCCOc2ccccc21. The number of rotatable bonds is 3. The van der Waals surface area contributed by atoms with E-state index >= 15 is 0 Å². The normalized spacial score (nSPS) is 18.2. The standard InChI is InChI=1S/C15H22N2O2/c1-11(2)10-16-15(18)17-13-7-5-9-19-14-8-4-3-6-12(13)14/h3-4,6,8,11,13H,5,7,9-10H2,1-2H3,(H2,16,17,18). The first-order valence-electron chi connectivity index (χ1n) is 6.93. The van der Waals surface area contributed by atoms with Crippen LogP contribution in [0.5, 0.6) is 5.75 Å². The van der Waals surface area contributed by atoms with Gasteiger partial charge in [0.25, 0.3) is 0 Å². The Labute approximate surface area is 114 Å². The van der Waals surface area contributed by atoms with Crippen molar-refractivity contribution >= 4 is 6.03 Å². The molecule has 1 aromatic carbocycles. The monoisotopic (exact) mass is 262 g/mol. The molecule has 2 N–H and O–H groups in total. The molecular formula is C15H22N2O2. The average Bonchev–Trinajstić information content (AvgIpc) is 2.59. The highest BCUT2D eigenvalue weighted by atomic mass is 16.5. The van der Waals surface area contributed by atoms with Crippen molar-refractivity contribution in [3.63, 3.8) is 0 Å². The number of amides is 2. The van der Waals surface area contributed by atoms with Crippen LogP contribution in [-0.2, 0) is 0 Å². The number of carbonyl (C=O) groups is 1. The molecule has 1 unspecified atom stereocenters. The zero-order valence-corrected chi connectivity index (χ0v) is 11.6. The summed E-state index contributed by atoms with van der Waals surface area (Å²) in [5.41, 5.74) is 1.07. The van der Waals surface area contributed by atoms with Crippen LogP contribution in [0, 0.1) is 5.92 Å². The molecular weight excluding hydrogens is 240 g/mol. The third-order valence-corrected chi connectivity index (χ3v) is 3.17. The fraction of sp³-hybridized carbons (Fsp3) is 0.533. The van der Waals surface area contributed by atoms with Crippen LogP contribution >= 0.6 is 0 Å². The smallest absolute Gasteiger partial charge is 0.315 e. The van der Waals surface area contributed by atoms with Gasteiger partial charge in [-0.1, -0.05) is 32.0 Å². The van der Waals surface area contributed by atoms with Gasteiger partial charge in [0.05, 0.1) is 12.6 Å². The minimum absolute atomic E-state index is 0.0332. The minimum atomic E-state index is -0.101. The fourth-order valence-corrected chi connectivity index (χ4v) is 2.18. The van der Waals surface area contributed by atoms with E-state index in [0.29, 0.717) is 19.1 Å². The van der Waals surface area contributed by atoms with Crippen molar-refractivity contribution in [3.8, 4) is 5.75 Å². The maximum Gasteiger partial charge on any atom is 0.315 e. The molecule has 104 valence electrons. The first-order valence-corrected chi connectivity index (χ1v) is 6.93. The predicted molar refractivity (Wildman–Crippen MR) is 75.3 cm³/mol. The van der Waals surface area contributed by atoms with Crippen molar-refractivity contribution in [1.82, 2.24) is 10.6 Å². The van der Waals surface area contributed by atoms with E-state index in [1.165, 1.54) is 0 Å². The lowest BCUT2D eigenvalue weighted by molar-refractivity contribution is 0.235. The molecule has 2 rings (SSSR count). The number of ether oxygens (including phenoxy) is 1. The second kappa shape index (κ2) is 6.45. The number of fused-ring (bicyclic) bond motifs is 1. The van der Waals surface area contributed by atoms with Gasteiger partial charge in [0.1, 0.15) is 5.75 Å². The second-order valence-electron chi connectivity index (χ2n) is 5.33. The number of hydrogen-bond donors (Lipinski definition) is 2. The van der Waals surface area contributed by atoms with Crippen molar-refractivity contribution in [1.29, 1.82) is 0 Å². The molecule has 0 radical (unpaired) electrons. The molecule has 4 nitrogen and oxygen atoms in total. The van der Waals surface area contributed by atoms with E-state index < -0.39 is 0 Å². The number of para-hydroxylation sites is 1. The first-order chi connectivity index (χ1) is 9.16. The Kier molecular flexibility index (Phi) is 4.66. The summed E-state index contributed by atoms with van der Waals surface area (Å²) < 4.78 is 5.69. The third kappa shape index (κ3) is 3.88. The molecule has 1 aliphatic rings. The van der Waals surface area contributed by atoms with Crippen molar-refractivity contribution in [3.05, 3.63) is 29.8 Å². The Bertz CT molecular complexity index is 432. The lowest BCUT2D eigenvalue weighted by atomic mass is 10.0. The lowest BCUT2D eigenvalue weighted by Gasteiger charge is -2.19. The van der Waals surface area contributed by atoms with Gasteiger partial charge in [0.15, 0.2) is 0 Å². The zero-order chi connectivity index (χ0) is 13.7. The van der Waals surface area contributed by atoms with Crippen LogP contribution in [0.1, 0.15) is 38.3 Å². The molecule has 0 bridgehead atoms. The van der Waals surface area contributed by atoms with E-state index in [-0.39, 0.29) is 12.1 Å². The van der Waals surface area contributed by atoms with E-state index in [9.17, 15) is 4.79 Å². The van der Waals surface area contributed by atoms with E-state index in [1.54, 1.807) is 0 Å². The molecule has 0 spiro atoms. The Balaban J connectivity index is 2.01. The van der Waals surface area contributed by atoms with Crippen LogP contribution in [-0.4, -0.2) is 19.2 Å². The maximum absolute atomic E-state index is 11.9. The van der Waals surface area contributed by atoms with Crippen LogP contribution in [0.15, 0.2) is 24.3 Å². The summed E-state index contributed by atoms with van der Waals surface area (Å²) in [6.07, 6.45) is 1.86.